The van der Waals surface area contributed by atoms with Crippen molar-refractivity contribution < 1.29 is 13.9 Å². The third-order valence-corrected chi connectivity index (χ3v) is 3.74. The average molecular weight is 267 g/mol. The monoisotopic (exact) mass is 267 g/mol. The summed E-state index contributed by atoms with van der Waals surface area (Å²) < 4.78 is 25.7. The highest BCUT2D eigenvalue weighted by atomic mass is 19.1. The third kappa shape index (κ3) is 3.45. The normalized spacial score (nSPS) is 27.2. The van der Waals surface area contributed by atoms with Crippen LogP contribution in [0.4, 0.5) is 4.39 Å². The van der Waals surface area contributed by atoms with Gasteiger partial charge in [0.05, 0.1) is 6.61 Å². The first kappa shape index (κ1) is 14.3. The van der Waals surface area contributed by atoms with E-state index in [1.54, 1.807) is 7.11 Å². The van der Waals surface area contributed by atoms with Gasteiger partial charge in [0.1, 0.15) is 18.0 Å². The van der Waals surface area contributed by atoms with Crippen LogP contribution in [-0.2, 0) is 10.4 Å². The lowest BCUT2D eigenvalue weighted by Crippen LogP contribution is -2.34. The van der Waals surface area contributed by atoms with Crippen molar-refractivity contribution >= 4 is 0 Å². The Morgan fingerprint density at radius 3 is 2.63 bits per heavy atom. The molecule has 0 bridgehead atoms. The van der Waals surface area contributed by atoms with Gasteiger partial charge in [-0.05, 0) is 31.7 Å². The maximum absolute atomic E-state index is 15.1. The number of hydrogen-bond acceptors (Lipinski definition) is 3. The van der Waals surface area contributed by atoms with Crippen LogP contribution < -0.4 is 10.5 Å². The van der Waals surface area contributed by atoms with Crippen molar-refractivity contribution in [2.75, 3.05) is 20.3 Å². The summed E-state index contributed by atoms with van der Waals surface area (Å²) in [6.07, 6.45) is 2.39. The highest BCUT2D eigenvalue weighted by Gasteiger charge is 2.38. The molecule has 0 heterocycles. The molecule has 1 fully saturated rings. The van der Waals surface area contributed by atoms with Crippen molar-refractivity contribution in [1.82, 2.24) is 0 Å². The van der Waals surface area contributed by atoms with Crippen molar-refractivity contribution in [3.8, 4) is 5.75 Å². The van der Waals surface area contributed by atoms with Crippen molar-refractivity contribution in [2.45, 2.75) is 37.4 Å². The first-order chi connectivity index (χ1) is 9.15. The zero-order chi connectivity index (χ0) is 13.7. The molecule has 2 rings (SSSR count). The van der Waals surface area contributed by atoms with Crippen LogP contribution in [-0.4, -0.2) is 26.4 Å². The van der Waals surface area contributed by atoms with Crippen LogP contribution in [0.1, 0.15) is 31.2 Å². The molecule has 0 radical (unpaired) electrons. The molecule has 0 saturated heterocycles. The van der Waals surface area contributed by atoms with Crippen LogP contribution >= 0.6 is 0 Å². The van der Waals surface area contributed by atoms with E-state index < -0.39 is 5.67 Å². The summed E-state index contributed by atoms with van der Waals surface area (Å²) in [4.78, 5) is 0. The number of methoxy groups -OCH3 is 1. The second-order valence-electron chi connectivity index (χ2n) is 5.14. The second kappa shape index (κ2) is 6.35. The fourth-order valence-corrected chi connectivity index (χ4v) is 2.56. The summed E-state index contributed by atoms with van der Waals surface area (Å²) in [7, 11) is 1.62. The fourth-order valence-electron chi connectivity index (χ4n) is 2.56. The molecular weight excluding hydrogens is 245 g/mol. The summed E-state index contributed by atoms with van der Waals surface area (Å²) in [6.45, 7) is 0.932. The number of alkyl halides is 1. The number of rotatable bonds is 5. The standard InChI is InChI=1S/C15H22FNO2/c1-18-10-11-19-14-5-3-2-4-13(14)15(16)8-6-12(17)7-9-15/h2-5,12H,6-11,17H2,1H3. The van der Waals surface area contributed by atoms with Crippen LogP contribution in [0.3, 0.4) is 0 Å². The lowest BCUT2D eigenvalue weighted by atomic mass is 9.79. The number of para-hydroxylation sites is 1. The van der Waals surface area contributed by atoms with Crippen LogP contribution in [0.2, 0.25) is 0 Å². The largest absolute Gasteiger partial charge is 0.491 e. The predicted molar refractivity (Wildman–Crippen MR) is 73.0 cm³/mol. The molecule has 1 aliphatic rings. The number of nitrogens with two attached hydrogens (primary N) is 1. The first-order valence-corrected chi connectivity index (χ1v) is 6.81. The second-order valence-corrected chi connectivity index (χ2v) is 5.14. The van der Waals surface area contributed by atoms with Gasteiger partial charge in [0.15, 0.2) is 0 Å². The van der Waals surface area contributed by atoms with Crippen LogP contribution in [0.25, 0.3) is 0 Å². The Labute approximate surface area is 113 Å². The van der Waals surface area contributed by atoms with Crippen molar-refractivity contribution in [2.24, 2.45) is 5.73 Å². The van der Waals surface area contributed by atoms with E-state index in [-0.39, 0.29) is 6.04 Å². The van der Waals surface area contributed by atoms with Gasteiger partial charge >= 0.3 is 0 Å². The van der Waals surface area contributed by atoms with Crippen LogP contribution in [0, 0.1) is 0 Å². The van der Waals surface area contributed by atoms with E-state index in [0.717, 1.165) is 12.8 Å². The summed E-state index contributed by atoms with van der Waals surface area (Å²) >= 11 is 0. The Hall–Kier alpha value is -1.13. The lowest BCUT2D eigenvalue weighted by molar-refractivity contribution is 0.0902. The predicted octanol–water partition coefficient (Wildman–Crippen LogP) is 2.78. The average Bonchev–Trinajstić information content (AvgIpc) is 2.43. The third-order valence-electron chi connectivity index (χ3n) is 3.74. The van der Waals surface area contributed by atoms with Gasteiger partial charge in [-0.15, -0.1) is 0 Å². The smallest absolute Gasteiger partial charge is 0.139 e. The molecule has 0 spiro atoms. The molecule has 1 aliphatic carbocycles. The Morgan fingerprint density at radius 2 is 1.95 bits per heavy atom. The molecule has 4 heteroatoms. The minimum absolute atomic E-state index is 0.130. The van der Waals surface area contributed by atoms with Crippen molar-refractivity contribution in [3.05, 3.63) is 29.8 Å². The van der Waals surface area contributed by atoms with E-state index in [0.29, 0.717) is 37.4 Å². The molecular formula is C15H22FNO2. The molecule has 106 valence electrons. The van der Waals surface area contributed by atoms with E-state index >= 15 is 4.39 Å². The van der Waals surface area contributed by atoms with E-state index in [2.05, 4.69) is 0 Å². The number of hydrogen-bond donors (Lipinski definition) is 1. The van der Waals surface area contributed by atoms with E-state index in [1.807, 2.05) is 24.3 Å². The Morgan fingerprint density at radius 1 is 1.26 bits per heavy atom. The first-order valence-electron chi connectivity index (χ1n) is 6.81. The minimum Gasteiger partial charge on any atom is -0.491 e. The SMILES string of the molecule is COCCOc1ccccc1C1(F)CCC(N)CC1. The van der Waals surface area contributed by atoms with Crippen LogP contribution in [0.15, 0.2) is 24.3 Å². The molecule has 0 atom stereocenters. The van der Waals surface area contributed by atoms with E-state index in [9.17, 15) is 0 Å². The molecule has 1 aromatic rings. The molecule has 19 heavy (non-hydrogen) atoms. The quantitative estimate of drug-likeness (QED) is 0.834. The molecule has 0 aliphatic heterocycles. The topological polar surface area (TPSA) is 44.5 Å². The van der Waals surface area contributed by atoms with Gasteiger partial charge in [-0.2, -0.15) is 0 Å². The molecule has 0 amide bonds. The maximum atomic E-state index is 15.1. The molecule has 0 unspecified atom stereocenters. The van der Waals surface area contributed by atoms with Crippen molar-refractivity contribution in [1.29, 1.82) is 0 Å². The van der Waals surface area contributed by atoms with Crippen LogP contribution in [0.5, 0.6) is 5.75 Å². The molecule has 3 nitrogen and oxygen atoms in total. The van der Waals surface area contributed by atoms with Gasteiger partial charge in [0.2, 0.25) is 0 Å². The fraction of sp³-hybridized carbons (Fsp3) is 0.600. The Balaban J connectivity index is 2.14. The van der Waals surface area contributed by atoms with Gasteiger partial charge in [0.25, 0.3) is 0 Å². The number of benzene rings is 1. The van der Waals surface area contributed by atoms with Gasteiger partial charge in [-0.25, -0.2) is 4.39 Å². The lowest BCUT2D eigenvalue weighted by Gasteiger charge is -2.33. The van der Waals surface area contributed by atoms with Gasteiger partial charge in [-0.3, -0.25) is 0 Å². The minimum atomic E-state index is -1.31. The molecule has 1 aromatic carbocycles. The Kier molecular flexibility index (Phi) is 4.77. The molecule has 0 aromatic heterocycles. The number of ether oxygens (including phenoxy) is 2. The van der Waals surface area contributed by atoms with E-state index in [4.69, 9.17) is 15.2 Å². The summed E-state index contributed by atoms with van der Waals surface area (Å²) in [5.74, 6) is 0.623. The highest BCUT2D eigenvalue weighted by Crippen LogP contribution is 2.44. The maximum Gasteiger partial charge on any atom is 0.139 e. The van der Waals surface area contributed by atoms with Crippen molar-refractivity contribution in [3.63, 3.8) is 0 Å². The summed E-state index contributed by atoms with van der Waals surface area (Å²) in [6, 6.07) is 7.49. The zero-order valence-corrected chi connectivity index (χ0v) is 11.4. The summed E-state index contributed by atoms with van der Waals surface area (Å²) in [5.41, 5.74) is 5.20. The Bertz CT molecular complexity index is 403. The summed E-state index contributed by atoms with van der Waals surface area (Å²) in [5, 5.41) is 0. The van der Waals surface area contributed by atoms with Gasteiger partial charge < -0.3 is 15.2 Å². The van der Waals surface area contributed by atoms with E-state index in [1.165, 1.54) is 0 Å². The highest BCUT2D eigenvalue weighted by molar-refractivity contribution is 5.38. The van der Waals surface area contributed by atoms with Gasteiger partial charge in [-0.1, -0.05) is 18.2 Å². The zero-order valence-electron chi connectivity index (χ0n) is 11.4. The number of halogens is 1. The molecule has 1 saturated carbocycles. The molecule has 2 N–H and O–H groups in total. The van der Waals surface area contributed by atoms with Gasteiger partial charge in [0, 0.05) is 18.7 Å².